The monoisotopic (exact) mass is 284 g/mol. The summed E-state index contributed by atoms with van der Waals surface area (Å²) in [4.78, 5) is 14.6. The molecule has 1 aromatic carbocycles. The second kappa shape index (κ2) is 6.02. The molecule has 3 heteroatoms. The lowest BCUT2D eigenvalue weighted by atomic mass is 9.92. The Balaban J connectivity index is 1.60. The average Bonchev–Trinajstić information content (AvgIpc) is 3.11. The minimum absolute atomic E-state index is 0.193. The predicted octanol–water partition coefficient (Wildman–Crippen LogP) is 2.62. The molecule has 1 N–H and O–H groups in total. The van der Waals surface area contributed by atoms with E-state index in [1.165, 1.54) is 12.0 Å². The largest absolute Gasteiger partial charge is 0.354 e. The van der Waals surface area contributed by atoms with Crippen LogP contribution in [0, 0.1) is 17.8 Å². The molecule has 3 rings (SSSR count). The maximum absolute atomic E-state index is 12.4. The van der Waals surface area contributed by atoms with Crippen LogP contribution in [0.1, 0.15) is 24.4 Å². The lowest BCUT2D eigenvalue weighted by Gasteiger charge is -2.26. The van der Waals surface area contributed by atoms with Crippen LogP contribution in [0.5, 0.6) is 0 Å². The molecule has 21 heavy (non-hydrogen) atoms. The molecule has 0 unspecified atom stereocenters. The molecule has 1 fully saturated rings. The first-order valence-corrected chi connectivity index (χ1v) is 7.82. The van der Waals surface area contributed by atoms with Crippen molar-refractivity contribution >= 4 is 5.91 Å². The lowest BCUT2D eigenvalue weighted by molar-refractivity contribution is -0.125. The average molecular weight is 284 g/mol. The van der Waals surface area contributed by atoms with Gasteiger partial charge in [0.25, 0.3) is 0 Å². The van der Waals surface area contributed by atoms with E-state index in [9.17, 15) is 4.79 Å². The van der Waals surface area contributed by atoms with Gasteiger partial charge in [-0.3, -0.25) is 4.79 Å². The molecule has 0 saturated heterocycles. The summed E-state index contributed by atoms with van der Waals surface area (Å²) in [5.41, 5.74) is 1.25. The number of carbonyl (C=O) groups excluding carboxylic acids is 1. The maximum Gasteiger partial charge on any atom is 0.223 e. The molecular weight excluding hydrogens is 260 g/mol. The number of fused-ring (bicyclic) bond motifs is 2. The summed E-state index contributed by atoms with van der Waals surface area (Å²) in [5.74, 6) is 1.54. The Hall–Kier alpha value is -1.61. The Morgan fingerprint density at radius 2 is 2.00 bits per heavy atom. The van der Waals surface area contributed by atoms with Crippen molar-refractivity contribution < 1.29 is 4.79 Å². The summed E-state index contributed by atoms with van der Waals surface area (Å²) in [6, 6.07) is 10.6. The molecule has 0 spiro atoms. The van der Waals surface area contributed by atoms with Crippen LogP contribution < -0.4 is 5.32 Å². The molecular formula is C18H24N2O. The number of hydrogen-bond donors (Lipinski definition) is 1. The van der Waals surface area contributed by atoms with Crippen molar-refractivity contribution in [3.05, 3.63) is 48.0 Å². The molecule has 0 aliphatic heterocycles. The Morgan fingerprint density at radius 3 is 2.57 bits per heavy atom. The highest BCUT2D eigenvalue weighted by molar-refractivity contribution is 5.80. The van der Waals surface area contributed by atoms with Gasteiger partial charge < -0.3 is 10.2 Å². The van der Waals surface area contributed by atoms with Crippen molar-refractivity contribution in [3.8, 4) is 0 Å². The molecule has 1 aromatic rings. The van der Waals surface area contributed by atoms with E-state index in [-0.39, 0.29) is 17.9 Å². The fourth-order valence-corrected chi connectivity index (χ4v) is 3.68. The molecule has 2 aliphatic carbocycles. The molecule has 0 radical (unpaired) electrons. The second-order valence-electron chi connectivity index (χ2n) is 6.52. The van der Waals surface area contributed by atoms with Crippen LogP contribution in [0.2, 0.25) is 0 Å². The number of carbonyl (C=O) groups is 1. The van der Waals surface area contributed by atoms with Gasteiger partial charge in [0.05, 0.1) is 6.04 Å². The minimum atomic E-state index is 0.193. The van der Waals surface area contributed by atoms with E-state index in [0.717, 1.165) is 6.42 Å². The van der Waals surface area contributed by atoms with Gasteiger partial charge in [0.15, 0.2) is 0 Å². The summed E-state index contributed by atoms with van der Waals surface area (Å²) in [5, 5.41) is 3.17. The molecule has 3 nitrogen and oxygen atoms in total. The number of allylic oxidation sites excluding steroid dienone is 2. The van der Waals surface area contributed by atoms with Gasteiger partial charge in [0.1, 0.15) is 0 Å². The fraction of sp³-hybridized carbons (Fsp3) is 0.500. The number of nitrogens with one attached hydrogen (secondary N) is 1. The molecule has 2 aliphatic rings. The number of amides is 1. The molecule has 2 bridgehead atoms. The van der Waals surface area contributed by atoms with E-state index in [1.54, 1.807) is 0 Å². The highest BCUT2D eigenvalue weighted by Crippen LogP contribution is 2.43. The topological polar surface area (TPSA) is 32.3 Å². The van der Waals surface area contributed by atoms with Gasteiger partial charge in [0.2, 0.25) is 5.91 Å². The van der Waals surface area contributed by atoms with E-state index in [1.807, 2.05) is 18.2 Å². The van der Waals surface area contributed by atoms with Crippen LogP contribution in [0.25, 0.3) is 0 Å². The fourth-order valence-electron chi connectivity index (χ4n) is 3.68. The Bertz CT molecular complexity index is 523. The second-order valence-corrected chi connectivity index (χ2v) is 6.52. The number of likely N-dealkylation sites (N-methyl/N-ethyl adjacent to an activating group) is 1. The van der Waals surface area contributed by atoms with Gasteiger partial charge in [-0.05, 0) is 44.3 Å². The van der Waals surface area contributed by atoms with Gasteiger partial charge >= 0.3 is 0 Å². The zero-order valence-electron chi connectivity index (χ0n) is 12.8. The summed E-state index contributed by atoms with van der Waals surface area (Å²) in [6.45, 7) is 0.674. The summed E-state index contributed by atoms with van der Waals surface area (Å²) in [7, 11) is 4.12. The van der Waals surface area contributed by atoms with E-state index < -0.39 is 0 Å². The lowest BCUT2D eigenvalue weighted by Crippen LogP contribution is -2.38. The van der Waals surface area contributed by atoms with Crippen LogP contribution in [-0.2, 0) is 4.79 Å². The molecule has 112 valence electrons. The highest BCUT2D eigenvalue weighted by Gasteiger charge is 2.39. The first-order valence-electron chi connectivity index (χ1n) is 7.82. The SMILES string of the molecule is CN(C)[C@@H](CNC(=O)[C@@H]1C[C@H]2C=C[C@H]1C2)c1ccccc1. The normalized spacial score (nSPS) is 28.0. The molecule has 1 saturated carbocycles. The van der Waals surface area contributed by atoms with Crippen LogP contribution in [0.15, 0.2) is 42.5 Å². The van der Waals surface area contributed by atoms with Crippen molar-refractivity contribution in [1.29, 1.82) is 0 Å². The first-order chi connectivity index (χ1) is 10.1. The van der Waals surface area contributed by atoms with Crippen molar-refractivity contribution in [1.82, 2.24) is 10.2 Å². The summed E-state index contributed by atoms with van der Waals surface area (Å²) < 4.78 is 0. The van der Waals surface area contributed by atoms with Crippen LogP contribution in [-0.4, -0.2) is 31.4 Å². The van der Waals surface area contributed by atoms with Crippen LogP contribution in [0.4, 0.5) is 0 Å². The van der Waals surface area contributed by atoms with Gasteiger partial charge in [-0.25, -0.2) is 0 Å². The van der Waals surface area contributed by atoms with Gasteiger partial charge in [0, 0.05) is 12.5 Å². The first kappa shape index (κ1) is 14.3. The minimum Gasteiger partial charge on any atom is -0.354 e. The van der Waals surface area contributed by atoms with E-state index in [4.69, 9.17) is 0 Å². The van der Waals surface area contributed by atoms with E-state index >= 15 is 0 Å². The predicted molar refractivity (Wildman–Crippen MR) is 84.7 cm³/mol. The third-order valence-corrected chi connectivity index (χ3v) is 4.89. The quantitative estimate of drug-likeness (QED) is 0.843. The third kappa shape index (κ3) is 3.03. The summed E-state index contributed by atoms with van der Waals surface area (Å²) in [6.07, 6.45) is 6.72. The van der Waals surface area contributed by atoms with Crippen LogP contribution >= 0.6 is 0 Å². The van der Waals surface area contributed by atoms with Crippen molar-refractivity contribution in [3.63, 3.8) is 0 Å². The number of benzene rings is 1. The Kier molecular flexibility index (Phi) is 4.11. The standard InChI is InChI=1S/C18H24N2O/c1-20(2)17(14-6-4-3-5-7-14)12-19-18(21)16-11-13-8-9-15(16)10-13/h3-9,13,15-17H,10-12H2,1-2H3,(H,19,21)/t13-,15-,16+,17-/m0/s1. The van der Waals surface area contributed by atoms with E-state index in [2.05, 4.69) is 48.6 Å². The number of nitrogens with zero attached hydrogens (tertiary/aromatic N) is 1. The molecule has 0 aromatic heterocycles. The molecule has 0 heterocycles. The summed E-state index contributed by atoms with van der Waals surface area (Å²) >= 11 is 0. The maximum atomic E-state index is 12.4. The zero-order valence-corrected chi connectivity index (χ0v) is 12.8. The Morgan fingerprint density at radius 1 is 1.24 bits per heavy atom. The van der Waals surface area contributed by atoms with Crippen molar-refractivity contribution in [2.24, 2.45) is 17.8 Å². The zero-order chi connectivity index (χ0) is 14.8. The van der Waals surface area contributed by atoms with E-state index in [0.29, 0.717) is 18.4 Å². The number of hydrogen-bond acceptors (Lipinski definition) is 2. The van der Waals surface area contributed by atoms with Crippen molar-refractivity contribution in [2.75, 3.05) is 20.6 Å². The van der Waals surface area contributed by atoms with Gasteiger partial charge in [-0.15, -0.1) is 0 Å². The van der Waals surface area contributed by atoms with Gasteiger partial charge in [-0.1, -0.05) is 42.5 Å². The Labute approximate surface area is 127 Å². The third-order valence-electron chi connectivity index (χ3n) is 4.89. The molecule has 4 atom stereocenters. The molecule has 1 amide bonds. The number of rotatable bonds is 5. The van der Waals surface area contributed by atoms with Crippen molar-refractivity contribution in [2.45, 2.75) is 18.9 Å². The highest BCUT2D eigenvalue weighted by atomic mass is 16.1. The smallest absolute Gasteiger partial charge is 0.223 e. The van der Waals surface area contributed by atoms with Crippen LogP contribution in [0.3, 0.4) is 0 Å². The van der Waals surface area contributed by atoms with Gasteiger partial charge in [-0.2, -0.15) is 0 Å².